The zero-order valence-electron chi connectivity index (χ0n) is 76.0. The van der Waals surface area contributed by atoms with Crippen molar-refractivity contribution in [2.45, 2.75) is 305 Å². The van der Waals surface area contributed by atoms with Crippen molar-refractivity contribution in [2.24, 2.45) is 23.5 Å². The van der Waals surface area contributed by atoms with E-state index < -0.39 is 141 Å². The molecule has 1 saturated carbocycles. The van der Waals surface area contributed by atoms with Crippen molar-refractivity contribution in [2.75, 3.05) is 152 Å². The van der Waals surface area contributed by atoms with Gasteiger partial charge in [0.25, 0.3) is 0 Å². The zero-order chi connectivity index (χ0) is 93.4. The maximum absolute atomic E-state index is 14.7. The molecular formula is C87H155N10O30P. The lowest BCUT2D eigenvalue weighted by atomic mass is 9.77. The van der Waals surface area contributed by atoms with E-state index in [1.54, 1.807) is 12.0 Å². The summed E-state index contributed by atoms with van der Waals surface area (Å²) in [6, 6.07) is -3.20. The monoisotopic (exact) mass is 1850 g/mol. The highest BCUT2D eigenvalue weighted by Crippen LogP contribution is 2.36. The van der Waals surface area contributed by atoms with Gasteiger partial charge < -0.3 is 160 Å². The molecule has 5 aliphatic rings. The summed E-state index contributed by atoms with van der Waals surface area (Å²) >= 11 is 0. The lowest BCUT2D eigenvalue weighted by Gasteiger charge is -2.42. The first kappa shape index (κ1) is 113. The van der Waals surface area contributed by atoms with Crippen LogP contribution in [0.1, 0.15) is 207 Å². The van der Waals surface area contributed by atoms with E-state index >= 15 is 0 Å². The number of piperidine rings is 1. The minimum Gasteiger partial charge on any atom is -0.402 e. The average molecular weight is 1850 g/mol. The minimum absolute atomic E-state index is 0.0747. The number of nitrogens with zero attached hydrogens (tertiary/aromatic N) is 1. The highest BCUT2D eigenvalue weighted by atomic mass is 31.1. The van der Waals surface area contributed by atoms with Crippen LogP contribution in [0.15, 0.2) is 23.4 Å². The molecule has 4 aliphatic heterocycles. The molecular weight excluding hydrogens is 1700 g/mol. The van der Waals surface area contributed by atoms with Crippen LogP contribution in [0.3, 0.4) is 0 Å². The van der Waals surface area contributed by atoms with Crippen LogP contribution in [-0.4, -0.2) is 353 Å². The van der Waals surface area contributed by atoms with Crippen molar-refractivity contribution in [1.29, 1.82) is 5.41 Å². The van der Waals surface area contributed by atoms with E-state index in [9.17, 15) is 84.3 Å². The first-order chi connectivity index (χ1) is 61.7. The predicted octanol–water partition coefficient (Wildman–Crippen LogP) is 0.761. The number of ether oxygens (including phenoxy) is 11. The summed E-state index contributed by atoms with van der Waals surface area (Å²) < 4.78 is 75.2. The van der Waals surface area contributed by atoms with Crippen LogP contribution in [0.5, 0.6) is 0 Å². The molecule has 18 atom stereocenters. The molecule has 0 bridgehead atoms. The zero-order valence-corrected chi connectivity index (χ0v) is 77.0. The Bertz CT molecular complexity index is 3020. The van der Waals surface area contributed by atoms with Crippen molar-refractivity contribution < 1.29 is 145 Å². The summed E-state index contributed by atoms with van der Waals surface area (Å²) in [7, 11) is 1.72. The van der Waals surface area contributed by atoms with Gasteiger partial charge in [-0.25, -0.2) is 0 Å². The number of aliphatic hydroxyl groups excluding tert-OH is 9. The van der Waals surface area contributed by atoms with E-state index in [2.05, 4.69) is 43.3 Å². The van der Waals surface area contributed by atoms with Gasteiger partial charge in [-0.15, -0.1) is 0 Å². The van der Waals surface area contributed by atoms with E-state index in [0.717, 1.165) is 69.2 Å². The third kappa shape index (κ3) is 44.0. The van der Waals surface area contributed by atoms with Gasteiger partial charge in [0.05, 0.1) is 98.9 Å². The highest BCUT2D eigenvalue weighted by Gasteiger charge is 2.49. The molecule has 5 rings (SSSR count). The Hall–Kier alpha value is -5.74. The molecule has 4 heterocycles. The highest BCUT2D eigenvalue weighted by molar-refractivity contribution is 7.26. The lowest BCUT2D eigenvalue weighted by molar-refractivity contribution is -0.270. The molecule has 0 aromatic rings. The number of likely N-dealkylation sites (tertiary alicyclic amines) is 1. The van der Waals surface area contributed by atoms with Crippen LogP contribution in [-0.2, 0) is 99.5 Å². The number of aliphatic hydroxyl groups is 9. The Kier molecular flexibility index (Phi) is 58.0. The molecule has 738 valence electrons. The van der Waals surface area contributed by atoms with Gasteiger partial charge in [0.2, 0.25) is 47.3 Å². The van der Waals surface area contributed by atoms with Gasteiger partial charge in [-0.2, -0.15) is 0 Å². The third-order valence-electron chi connectivity index (χ3n) is 23.2. The standard InChI is InChI=1S/C87H155N10O30P/c1-58(88)64-29-28-62(25-23-45-124-128-115-5)24-22-26-65(64)66(89)27-14-6-10-18-41-116-50-51-117-49-35-73(107)97-39-30-63(31-40-97)83(114)96-87(55-118-46-32-70(104)90-36-15-7-11-19-42-121-84-74(93-59(2)101)80(111)77(108)67(52-98)125-84,56-119-47-33-71(105)91-37-16-8-12-20-43-122-85-75(94-60(3)102)81(112)78(109)68(53-99)126-85)57-120-48-34-72(106)92-38-17-9-13-21-44-123-86-76(95-61(4)103)82(113)79(110)69(54-100)127-86/h10,18,62-63,65,67-69,74-82,84-86,89,98-100,108-113,128H,6-9,11-17,19-57,88H2,1-5H3,(H,90,104)(H,91,105)(H,92,106)(H,93,101)(H,94,102)(H,95,103)(H,96,114)/b18-10+,64-58-,89-66?. The molecule has 41 heteroatoms. The van der Waals surface area contributed by atoms with Crippen LogP contribution in [0, 0.1) is 23.2 Å². The normalized spacial score (nSPS) is 26.3. The van der Waals surface area contributed by atoms with Crippen molar-refractivity contribution in [3.8, 4) is 0 Å². The van der Waals surface area contributed by atoms with Crippen molar-refractivity contribution in [3.63, 3.8) is 0 Å². The molecule has 0 aromatic carbocycles. The Balaban J connectivity index is 1.13. The molecule has 4 saturated heterocycles. The maximum Gasteiger partial charge on any atom is 0.224 e. The molecule has 128 heavy (non-hydrogen) atoms. The van der Waals surface area contributed by atoms with Gasteiger partial charge in [0.1, 0.15) is 78.6 Å². The van der Waals surface area contributed by atoms with E-state index in [0.29, 0.717) is 142 Å². The molecule has 19 N–H and O–H groups in total. The first-order valence-corrected chi connectivity index (χ1v) is 46.9. The second kappa shape index (κ2) is 65.8. The first-order valence-electron chi connectivity index (χ1n) is 46.1. The van der Waals surface area contributed by atoms with Crippen LogP contribution in [0.2, 0.25) is 0 Å². The van der Waals surface area contributed by atoms with Gasteiger partial charge >= 0.3 is 0 Å². The number of allylic oxidation sites excluding steroid dienone is 3. The Morgan fingerprint density at radius 3 is 1.34 bits per heavy atom. The number of hydrogen-bond acceptors (Lipinski definition) is 32. The summed E-state index contributed by atoms with van der Waals surface area (Å²) in [5.41, 5.74) is 7.78. The van der Waals surface area contributed by atoms with Crippen LogP contribution in [0.25, 0.3) is 0 Å². The van der Waals surface area contributed by atoms with Crippen LogP contribution >= 0.6 is 9.03 Å². The fraction of sp³-hybridized carbons (Fsp3) is 0.851. The molecule has 18 unspecified atom stereocenters. The van der Waals surface area contributed by atoms with Gasteiger partial charge in [-0.05, 0) is 121 Å². The Labute approximate surface area is 755 Å². The Morgan fingerprint density at radius 1 is 0.492 bits per heavy atom. The average Bonchev–Trinajstić information content (AvgIpc) is 0.815. The van der Waals surface area contributed by atoms with Gasteiger partial charge in [0, 0.05) is 123 Å². The van der Waals surface area contributed by atoms with Crippen molar-refractivity contribution in [1.82, 2.24) is 42.1 Å². The minimum atomic E-state index is -1.46. The van der Waals surface area contributed by atoms with Gasteiger partial charge in [0.15, 0.2) is 27.9 Å². The smallest absolute Gasteiger partial charge is 0.224 e. The molecule has 0 aromatic heterocycles. The topological polar surface area (TPSA) is 576 Å². The molecule has 1 aliphatic carbocycles. The number of nitrogens with two attached hydrogens (primary N) is 1. The van der Waals surface area contributed by atoms with E-state index in [1.807, 2.05) is 13.0 Å². The largest absolute Gasteiger partial charge is 0.402 e. The summed E-state index contributed by atoms with van der Waals surface area (Å²) in [6.07, 6.45) is 6.51. The molecule has 0 radical (unpaired) electrons. The number of rotatable bonds is 66. The summed E-state index contributed by atoms with van der Waals surface area (Å²) in [5, 5.41) is 120. The van der Waals surface area contributed by atoms with Crippen LogP contribution < -0.4 is 43.0 Å². The number of unbranched alkanes of at least 4 members (excludes halogenated alkanes) is 10. The third-order valence-corrected chi connectivity index (χ3v) is 23.7. The maximum atomic E-state index is 14.7. The quantitative estimate of drug-likeness (QED) is 0.0173. The van der Waals surface area contributed by atoms with E-state index in [1.165, 1.54) is 26.3 Å². The number of amides is 8. The molecule has 0 spiro atoms. The summed E-state index contributed by atoms with van der Waals surface area (Å²) in [5.74, 6) is -2.72. The second-order valence-electron chi connectivity index (χ2n) is 33.7. The number of carbonyl (C=O) groups excluding carboxylic acids is 8. The molecule has 8 amide bonds. The van der Waals surface area contributed by atoms with Gasteiger partial charge in [-0.3, -0.25) is 38.4 Å². The Morgan fingerprint density at radius 2 is 0.922 bits per heavy atom. The van der Waals surface area contributed by atoms with Crippen molar-refractivity contribution >= 4 is 62.0 Å². The SMILES string of the molecule is COPOCCCC1CCCC(C(=N)CCC/C=C/COCCOCCC(=O)N2CCC(C(=O)NC(COCCC(=O)NCCCCCCOC3OC(CO)C(O)C(O)C3NC(C)=O)(COCCC(=O)NCCCCCCOC3OC(CO)C(O)C(O)C3NC(C)=O)COCCC(=O)NCCCCCCOC3OC(CO)C(O)C(O)C3NC(C)=O)CC2)/C(=C(/C)N)CC1. The number of nitrogens with one attached hydrogen (secondary N) is 8. The van der Waals surface area contributed by atoms with Crippen molar-refractivity contribution in [3.05, 3.63) is 23.4 Å². The van der Waals surface area contributed by atoms with Crippen LogP contribution in [0.4, 0.5) is 0 Å². The summed E-state index contributed by atoms with van der Waals surface area (Å²) in [6.45, 7) is 6.95. The number of hydrogen-bond donors (Lipinski definition) is 18. The fourth-order valence-electron chi connectivity index (χ4n) is 16.0. The molecule has 5 fully saturated rings. The number of carbonyl (C=O) groups is 8. The van der Waals surface area contributed by atoms with Gasteiger partial charge in [-0.1, -0.05) is 63.5 Å². The molecule has 40 nitrogen and oxygen atoms in total. The van der Waals surface area contributed by atoms with E-state index in [4.69, 9.17) is 72.3 Å². The summed E-state index contributed by atoms with van der Waals surface area (Å²) in [4.78, 5) is 105. The predicted molar refractivity (Wildman–Crippen MR) is 469 cm³/mol. The van der Waals surface area contributed by atoms with E-state index in [-0.39, 0.29) is 156 Å². The lowest BCUT2D eigenvalue weighted by Crippen LogP contribution is -2.64. The second-order valence-corrected chi connectivity index (χ2v) is 34.6. The fourth-order valence-corrected chi connectivity index (χ4v) is 16.4.